The molecule has 0 saturated carbocycles. The van der Waals surface area contributed by atoms with E-state index in [-0.39, 0.29) is 0 Å². The fraction of sp³-hybridized carbons (Fsp3) is 0.235. The summed E-state index contributed by atoms with van der Waals surface area (Å²) in [6, 6.07) is 12.3. The summed E-state index contributed by atoms with van der Waals surface area (Å²) in [5.74, 6) is 0. The summed E-state index contributed by atoms with van der Waals surface area (Å²) >= 11 is 6.20. The zero-order valence-electron chi connectivity index (χ0n) is 13.4. The number of hydrogen-bond donors (Lipinski definition) is 1. The summed E-state index contributed by atoms with van der Waals surface area (Å²) in [5.41, 5.74) is 1.86. The van der Waals surface area contributed by atoms with Gasteiger partial charge in [0.2, 0.25) is 10.0 Å². The van der Waals surface area contributed by atoms with Gasteiger partial charge in [-0.25, -0.2) is 8.42 Å². The largest absolute Gasteiger partial charge is 0.368 e. The molecule has 0 unspecified atom stereocenters. The van der Waals surface area contributed by atoms with Crippen molar-refractivity contribution in [2.45, 2.75) is 4.90 Å². The van der Waals surface area contributed by atoms with E-state index in [2.05, 4.69) is 15.1 Å². The first-order valence-corrected chi connectivity index (χ1v) is 9.80. The molecule has 2 heterocycles. The summed E-state index contributed by atoms with van der Waals surface area (Å²) in [5, 5.41) is 8.62. The Morgan fingerprint density at radius 2 is 1.76 bits per heavy atom. The number of halogens is 1. The van der Waals surface area contributed by atoms with Gasteiger partial charge in [-0.15, -0.1) is 0 Å². The molecule has 25 heavy (non-hydrogen) atoms. The van der Waals surface area contributed by atoms with Crippen LogP contribution in [0.1, 0.15) is 0 Å². The van der Waals surface area contributed by atoms with Crippen LogP contribution in [0.15, 0.2) is 53.6 Å². The zero-order chi connectivity index (χ0) is 17.4. The van der Waals surface area contributed by atoms with Gasteiger partial charge in [-0.1, -0.05) is 29.8 Å². The highest BCUT2D eigenvalue weighted by atomic mass is 35.5. The number of rotatable bonds is 3. The average molecular weight is 377 g/mol. The third kappa shape index (κ3) is 2.99. The molecule has 0 radical (unpaired) electrons. The third-order valence-corrected chi connectivity index (χ3v) is 6.59. The number of aromatic nitrogens is 2. The fourth-order valence-electron chi connectivity index (χ4n) is 3.17. The molecule has 3 aromatic rings. The highest BCUT2D eigenvalue weighted by molar-refractivity contribution is 7.89. The minimum Gasteiger partial charge on any atom is -0.368 e. The summed E-state index contributed by atoms with van der Waals surface area (Å²) in [6.07, 6.45) is 1.77. The lowest BCUT2D eigenvalue weighted by Crippen LogP contribution is -2.48. The molecule has 0 spiro atoms. The van der Waals surface area contributed by atoms with Gasteiger partial charge < -0.3 is 4.90 Å². The molecule has 1 fully saturated rings. The van der Waals surface area contributed by atoms with Crippen LogP contribution in [0.2, 0.25) is 5.02 Å². The van der Waals surface area contributed by atoms with Crippen molar-refractivity contribution in [1.29, 1.82) is 0 Å². The quantitative estimate of drug-likeness (QED) is 0.763. The maximum absolute atomic E-state index is 12.7. The lowest BCUT2D eigenvalue weighted by Gasteiger charge is -2.35. The molecule has 0 aliphatic carbocycles. The van der Waals surface area contributed by atoms with Gasteiger partial charge in [-0.05, 0) is 24.3 Å². The van der Waals surface area contributed by atoms with E-state index in [1.54, 1.807) is 30.5 Å². The number of benzene rings is 2. The molecule has 1 aliphatic rings. The van der Waals surface area contributed by atoms with Crippen LogP contribution in [0.25, 0.3) is 10.9 Å². The summed E-state index contributed by atoms with van der Waals surface area (Å²) in [7, 11) is -3.45. The van der Waals surface area contributed by atoms with Gasteiger partial charge in [0.1, 0.15) is 0 Å². The van der Waals surface area contributed by atoms with Gasteiger partial charge in [0, 0.05) is 42.3 Å². The zero-order valence-corrected chi connectivity index (χ0v) is 15.0. The topological polar surface area (TPSA) is 69.3 Å². The van der Waals surface area contributed by atoms with Crippen LogP contribution in [0.3, 0.4) is 0 Å². The van der Waals surface area contributed by atoms with Crippen molar-refractivity contribution in [3.63, 3.8) is 0 Å². The Morgan fingerprint density at radius 1 is 1.04 bits per heavy atom. The number of H-pyrrole nitrogens is 1. The van der Waals surface area contributed by atoms with E-state index >= 15 is 0 Å². The monoisotopic (exact) mass is 376 g/mol. The average Bonchev–Trinajstić information content (AvgIpc) is 3.10. The van der Waals surface area contributed by atoms with Crippen LogP contribution in [0, 0.1) is 0 Å². The second kappa shape index (κ2) is 6.33. The minimum atomic E-state index is -3.45. The van der Waals surface area contributed by atoms with E-state index < -0.39 is 10.0 Å². The van der Waals surface area contributed by atoms with Crippen molar-refractivity contribution < 1.29 is 8.42 Å². The molecule has 0 atom stereocenters. The van der Waals surface area contributed by atoms with E-state index in [0.29, 0.717) is 36.1 Å². The number of hydrogen-bond acceptors (Lipinski definition) is 4. The van der Waals surface area contributed by atoms with Gasteiger partial charge >= 0.3 is 0 Å². The van der Waals surface area contributed by atoms with E-state index in [0.717, 1.165) is 16.6 Å². The van der Waals surface area contributed by atoms with Crippen LogP contribution in [-0.4, -0.2) is 49.1 Å². The number of piperazine rings is 1. The molecule has 2 aromatic carbocycles. The molecule has 0 amide bonds. The van der Waals surface area contributed by atoms with Crippen molar-refractivity contribution in [2.24, 2.45) is 0 Å². The molecule has 1 aromatic heterocycles. The highest BCUT2D eigenvalue weighted by Gasteiger charge is 2.29. The lowest BCUT2D eigenvalue weighted by atomic mass is 10.2. The maximum Gasteiger partial charge on any atom is 0.243 e. The second-order valence-electron chi connectivity index (χ2n) is 5.96. The molecule has 0 bridgehead atoms. The van der Waals surface area contributed by atoms with Crippen LogP contribution >= 0.6 is 11.6 Å². The Kier molecular flexibility index (Phi) is 4.15. The number of anilines is 1. The number of nitrogens with zero attached hydrogens (tertiary/aromatic N) is 3. The summed E-state index contributed by atoms with van der Waals surface area (Å²) in [4.78, 5) is 2.49. The van der Waals surface area contributed by atoms with Gasteiger partial charge in [-0.2, -0.15) is 9.40 Å². The van der Waals surface area contributed by atoms with Gasteiger partial charge in [0.05, 0.1) is 16.6 Å². The standard InChI is InChI=1S/C17H17ClN4O2S/c18-13-10-16-15(12-19-20-16)17(11-13)21-6-8-22(9-7-21)25(23,24)14-4-2-1-3-5-14/h1-5,10-12H,6-9H2,(H,19,20). The van der Waals surface area contributed by atoms with Gasteiger partial charge in [0.25, 0.3) is 0 Å². The van der Waals surface area contributed by atoms with Crippen LogP contribution in [0.4, 0.5) is 5.69 Å². The molecular formula is C17H17ClN4O2S. The van der Waals surface area contributed by atoms with Crippen LogP contribution in [-0.2, 0) is 10.0 Å². The highest BCUT2D eigenvalue weighted by Crippen LogP contribution is 2.31. The number of aromatic amines is 1. The van der Waals surface area contributed by atoms with E-state index in [9.17, 15) is 8.42 Å². The van der Waals surface area contributed by atoms with Gasteiger partial charge in [-0.3, -0.25) is 5.10 Å². The molecular weight excluding hydrogens is 360 g/mol. The van der Waals surface area contributed by atoms with E-state index in [1.165, 1.54) is 4.31 Å². The predicted octanol–water partition coefficient (Wildman–Crippen LogP) is 2.73. The molecule has 6 nitrogen and oxygen atoms in total. The Morgan fingerprint density at radius 3 is 2.48 bits per heavy atom. The maximum atomic E-state index is 12.7. The third-order valence-electron chi connectivity index (χ3n) is 4.46. The first kappa shape index (κ1) is 16.4. The number of sulfonamides is 1. The Balaban J connectivity index is 1.56. The molecule has 130 valence electrons. The Hall–Kier alpha value is -2.09. The second-order valence-corrected chi connectivity index (χ2v) is 8.33. The first-order chi connectivity index (χ1) is 12.1. The summed E-state index contributed by atoms with van der Waals surface area (Å²) in [6.45, 7) is 2.07. The van der Waals surface area contributed by atoms with Crippen molar-refractivity contribution in [3.05, 3.63) is 53.7 Å². The normalized spacial score (nSPS) is 16.4. The smallest absolute Gasteiger partial charge is 0.243 e. The van der Waals surface area contributed by atoms with Crippen LogP contribution < -0.4 is 4.90 Å². The van der Waals surface area contributed by atoms with E-state index in [1.807, 2.05) is 18.2 Å². The molecule has 8 heteroatoms. The molecule has 4 rings (SSSR count). The van der Waals surface area contributed by atoms with Crippen LogP contribution in [0.5, 0.6) is 0 Å². The number of fused-ring (bicyclic) bond motifs is 1. The van der Waals surface area contributed by atoms with Gasteiger partial charge in [0.15, 0.2) is 0 Å². The van der Waals surface area contributed by atoms with Crippen molar-refractivity contribution in [1.82, 2.24) is 14.5 Å². The number of nitrogens with one attached hydrogen (secondary N) is 1. The minimum absolute atomic E-state index is 0.337. The SMILES string of the molecule is O=S(=O)(c1ccccc1)N1CCN(c2cc(Cl)cc3[nH]ncc23)CC1. The van der Waals surface area contributed by atoms with Crippen molar-refractivity contribution in [2.75, 3.05) is 31.1 Å². The Labute approximate surface area is 151 Å². The lowest BCUT2D eigenvalue weighted by molar-refractivity contribution is 0.385. The first-order valence-electron chi connectivity index (χ1n) is 7.98. The summed E-state index contributed by atoms with van der Waals surface area (Å²) < 4.78 is 27.0. The molecule has 1 N–H and O–H groups in total. The van der Waals surface area contributed by atoms with Crippen molar-refractivity contribution in [3.8, 4) is 0 Å². The Bertz CT molecular complexity index is 996. The predicted molar refractivity (Wildman–Crippen MR) is 98.5 cm³/mol. The van der Waals surface area contributed by atoms with Crippen molar-refractivity contribution >= 4 is 38.2 Å². The molecule has 1 saturated heterocycles. The molecule has 1 aliphatic heterocycles. The van der Waals surface area contributed by atoms with E-state index in [4.69, 9.17) is 11.6 Å². The fourth-order valence-corrected chi connectivity index (χ4v) is 4.83.